The van der Waals surface area contributed by atoms with E-state index in [0.717, 1.165) is 72.6 Å². The molecule has 0 N–H and O–H groups in total. The van der Waals surface area contributed by atoms with Crippen LogP contribution in [0.2, 0.25) is 0 Å². The van der Waals surface area contributed by atoms with E-state index in [-0.39, 0.29) is 0 Å². The van der Waals surface area contributed by atoms with Gasteiger partial charge in [-0.25, -0.2) is 0 Å². The van der Waals surface area contributed by atoms with E-state index in [9.17, 15) is 0 Å². The Morgan fingerprint density at radius 2 is 0.818 bits per heavy atom. The normalized spacial score (nSPS) is 11.3. The van der Waals surface area contributed by atoms with E-state index in [0.29, 0.717) is 0 Å². The molecule has 0 fully saturated rings. The van der Waals surface area contributed by atoms with Crippen molar-refractivity contribution in [2.24, 2.45) is 0 Å². The highest BCUT2D eigenvalue weighted by Crippen LogP contribution is 2.49. The molecule has 260 valence electrons. The van der Waals surface area contributed by atoms with Gasteiger partial charge in [0.05, 0.1) is 22.4 Å². The minimum Gasteiger partial charge on any atom is -0.456 e. The lowest BCUT2D eigenvalue weighted by atomic mass is 10.00. The first-order valence-corrected chi connectivity index (χ1v) is 18.7. The maximum atomic E-state index is 6.92. The molecular formula is C52H36N2O. The van der Waals surface area contributed by atoms with Crippen molar-refractivity contribution >= 4 is 66.8 Å². The molecule has 0 saturated carbocycles. The van der Waals surface area contributed by atoms with Crippen LogP contribution in [-0.4, -0.2) is 0 Å². The third kappa shape index (κ3) is 5.98. The second kappa shape index (κ2) is 13.9. The van der Waals surface area contributed by atoms with Crippen LogP contribution in [0.15, 0.2) is 223 Å². The fraction of sp³-hybridized carbons (Fsp3) is 0. The van der Waals surface area contributed by atoms with Crippen LogP contribution >= 0.6 is 0 Å². The largest absolute Gasteiger partial charge is 0.456 e. The monoisotopic (exact) mass is 704 g/mol. The summed E-state index contributed by atoms with van der Waals surface area (Å²) in [6.07, 6.45) is 0. The molecule has 0 radical (unpaired) electrons. The number of rotatable bonds is 8. The van der Waals surface area contributed by atoms with Crippen LogP contribution in [-0.2, 0) is 0 Å². The maximum absolute atomic E-state index is 6.92. The van der Waals surface area contributed by atoms with Crippen LogP contribution in [0, 0.1) is 0 Å². The summed E-state index contributed by atoms with van der Waals surface area (Å²) in [7, 11) is 0. The molecule has 0 spiro atoms. The SMILES string of the molecule is c1ccc(-c2ccc(N(c3ccccc3)c3cc(N(c4ccccc4)c4ccccc4-c4ccccc4)c4c(c3)oc3cc5ccccc5cc34)cc2)cc1. The number of anilines is 6. The maximum Gasteiger partial charge on any atom is 0.139 e. The van der Waals surface area contributed by atoms with Gasteiger partial charge >= 0.3 is 0 Å². The molecule has 55 heavy (non-hydrogen) atoms. The first kappa shape index (κ1) is 32.3. The van der Waals surface area contributed by atoms with Crippen molar-refractivity contribution < 1.29 is 4.42 Å². The lowest BCUT2D eigenvalue weighted by Gasteiger charge is -2.31. The summed E-state index contributed by atoms with van der Waals surface area (Å²) in [5.74, 6) is 0. The quantitative estimate of drug-likeness (QED) is 0.157. The summed E-state index contributed by atoms with van der Waals surface area (Å²) in [5, 5.41) is 4.46. The van der Waals surface area contributed by atoms with Crippen LogP contribution in [0.25, 0.3) is 55.0 Å². The Balaban J connectivity index is 1.27. The van der Waals surface area contributed by atoms with E-state index in [1.165, 1.54) is 16.5 Å². The second-order valence-corrected chi connectivity index (χ2v) is 13.8. The lowest BCUT2D eigenvalue weighted by Crippen LogP contribution is -2.14. The average molecular weight is 705 g/mol. The van der Waals surface area contributed by atoms with Crippen LogP contribution in [0.3, 0.4) is 0 Å². The summed E-state index contributed by atoms with van der Waals surface area (Å²) in [4.78, 5) is 4.73. The molecule has 0 unspecified atom stereocenters. The zero-order valence-electron chi connectivity index (χ0n) is 30.1. The van der Waals surface area contributed by atoms with Gasteiger partial charge in [0.15, 0.2) is 0 Å². The molecule has 1 heterocycles. The summed E-state index contributed by atoms with van der Waals surface area (Å²) in [5.41, 5.74) is 12.6. The predicted molar refractivity (Wildman–Crippen MR) is 231 cm³/mol. The fourth-order valence-corrected chi connectivity index (χ4v) is 7.83. The van der Waals surface area contributed by atoms with Crippen molar-refractivity contribution in [3.63, 3.8) is 0 Å². The van der Waals surface area contributed by atoms with Crippen LogP contribution in [0.1, 0.15) is 0 Å². The van der Waals surface area contributed by atoms with Gasteiger partial charge in [0.2, 0.25) is 0 Å². The zero-order chi connectivity index (χ0) is 36.6. The van der Waals surface area contributed by atoms with Crippen molar-refractivity contribution in [1.29, 1.82) is 0 Å². The first-order chi connectivity index (χ1) is 27.3. The van der Waals surface area contributed by atoms with Crippen LogP contribution < -0.4 is 9.80 Å². The average Bonchev–Trinajstić information content (AvgIpc) is 3.62. The highest BCUT2D eigenvalue weighted by Gasteiger charge is 2.25. The van der Waals surface area contributed by atoms with E-state index in [1.54, 1.807) is 0 Å². The summed E-state index contributed by atoms with van der Waals surface area (Å²) in [6, 6.07) is 77.5. The Hall–Kier alpha value is -7.36. The van der Waals surface area contributed by atoms with Gasteiger partial charge in [0.1, 0.15) is 11.2 Å². The van der Waals surface area contributed by atoms with E-state index in [1.807, 2.05) is 0 Å². The molecule has 9 aromatic carbocycles. The van der Waals surface area contributed by atoms with Crippen molar-refractivity contribution in [3.05, 3.63) is 218 Å². The Labute approximate surface area is 320 Å². The predicted octanol–water partition coefficient (Wildman–Crippen LogP) is 15.0. The Morgan fingerprint density at radius 3 is 1.49 bits per heavy atom. The Bertz CT molecular complexity index is 2900. The van der Waals surface area contributed by atoms with Crippen molar-refractivity contribution in [3.8, 4) is 22.3 Å². The number of nitrogens with zero attached hydrogens (tertiary/aromatic N) is 2. The Kier molecular flexibility index (Phi) is 8.16. The van der Waals surface area contributed by atoms with Crippen molar-refractivity contribution in [1.82, 2.24) is 0 Å². The third-order valence-corrected chi connectivity index (χ3v) is 10.4. The topological polar surface area (TPSA) is 19.6 Å². The number of hydrogen-bond acceptors (Lipinski definition) is 3. The van der Waals surface area contributed by atoms with Gasteiger partial charge in [0.25, 0.3) is 0 Å². The summed E-state index contributed by atoms with van der Waals surface area (Å²) < 4.78 is 6.92. The number of benzene rings is 9. The van der Waals surface area contributed by atoms with Gasteiger partial charge in [0, 0.05) is 34.1 Å². The molecule has 0 aliphatic carbocycles. The van der Waals surface area contributed by atoms with Crippen molar-refractivity contribution in [2.75, 3.05) is 9.80 Å². The van der Waals surface area contributed by atoms with Gasteiger partial charge < -0.3 is 14.2 Å². The summed E-state index contributed by atoms with van der Waals surface area (Å²) >= 11 is 0. The van der Waals surface area contributed by atoms with Gasteiger partial charge in [-0.3, -0.25) is 0 Å². The lowest BCUT2D eigenvalue weighted by molar-refractivity contribution is 0.669. The van der Waals surface area contributed by atoms with Gasteiger partial charge in [-0.05, 0) is 88.1 Å². The van der Waals surface area contributed by atoms with E-state index < -0.39 is 0 Å². The second-order valence-electron chi connectivity index (χ2n) is 13.8. The molecule has 0 aliphatic heterocycles. The van der Waals surface area contributed by atoms with Crippen LogP contribution in [0.4, 0.5) is 34.1 Å². The first-order valence-electron chi connectivity index (χ1n) is 18.7. The molecule has 3 nitrogen and oxygen atoms in total. The molecule has 0 aliphatic rings. The highest BCUT2D eigenvalue weighted by molar-refractivity contribution is 6.18. The minimum absolute atomic E-state index is 0.817. The molecule has 10 aromatic rings. The molecular weight excluding hydrogens is 669 g/mol. The van der Waals surface area contributed by atoms with Crippen molar-refractivity contribution in [2.45, 2.75) is 0 Å². The van der Waals surface area contributed by atoms with E-state index >= 15 is 0 Å². The van der Waals surface area contributed by atoms with Gasteiger partial charge in [-0.1, -0.05) is 152 Å². The highest BCUT2D eigenvalue weighted by atomic mass is 16.3. The number of furan rings is 1. The molecule has 0 bridgehead atoms. The van der Waals surface area contributed by atoms with Gasteiger partial charge in [-0.2, -0.15) is 0 Å². The molecule has 10 rings (SSSR count). The fourth-order valence-electron chi connectivity index (χ4n) is 7.83. The minimum atomic E-state index is 0.817. The molecule has 0 saturated heterocycles. The molecule has 0 amide bonds. The van der Waals surface area contributed by atoms with Gasteiger partial charge in [-0.15, -0.1) is 0 Å². The Morgan fingerprint density at radius 1 is 0.309 bits per heavy atom. The number of hydrogen-bond donors (Lipinski definition) is 0. The standard InChI is InChI=1S/C52H36N2O/c1-5-17-37(18-6-1)38-29-31-44(32-30-38)53(42-23-9-3-10-24-42)45-35-49(52-47-33-40-21-13-14-22-41(40)34-50(47)55-51(52)36-45)54(43-25-11-4-12-26-43)48-28-16-15-27-46(48)39-19-7-2-8-20-39/h1-36H. The number of para-hydroxylation sites is 3. The zero-order valence-corrected chi connectivity index (χ0v) is 30.1. The molecule has 3 heteroatoms. The van der Waals surface area contributed by atoms with E-state index in [2.05, 4.69) is 228 Å². The molecule has 0 atom stereocenters. The smallest absolute Gasteiger partial charge is 0.139 e. The third-order valence-electron chi connectivity index (χ3n) is 10.4. The molecule has 1 aromatic heterocycles. The number of fused-ring (bicyclic) bond motifs is 4. The van der Waals surface area contributed by atoms with Crippen LogP contribution in [0.5, 0.6) is 0 Å². The summed E-state index contributed by atoms with van der Waals surface area (Å²) in [6.45, 7) is 0. The van der Waals surface area contributed by atoms with E-state index in [4.69, 9.17) is 4.42 Å².